The van der Waals surface area contributed by atoms with Crippen LogP contribution in [0.25, 0.3) is 0 Å². The smallest absolute Gasteiger partial charge is 0.320 e. The molecule has 3 saturated heterocycles. The van der Waals surface area contributed by atoms with Gasteiger partial charge >= 0.3 is 6.03 Å². The van der Waals surface area contributed by atoms with Crippen molar-refractivity contribution in [3.05, 3.63) is 24.0 Å². The summed E-state index contributed by atoms with van der Waals surface area (Å²) < 4.78 is 30.2. The Morgan fingerprint density at radius 3 is 2.73 bits per heavy atom. The average molecular weight is 421 g/mol. The van der Waals surface area contributed by atoms with E-state index in [0.717, 1.165) is 19.3 Å². The van der Waals surface area contributed by atoms with Crippen LogP contribution in [0.2, 0.25) is 0 Å². The Balaban J connectivity index is 1.23. The van der Waals surface area contributed by atoms with Crippen LogP contribution in [-0.4, -0.2) is 80.4 Å². The van der Waals surface area contributed by atoms with Crippen molar-refractivity contribution in [1.29, 1.82) is 0 Å². The number of nitrogens with zero attached hydrogens (tertiary/aromatic N) is 2. The average Bonchev–Trinajstić information content (AvgIpc) is 2.77. The number of amides is 3. The second kappa shape index (κ2) is 9.07. The van der Waals surface area contributed by atoms with Crippen molar-refractivity contribution in [3.8, 4) is 11.5 Å². The van der Waals surface area contributed by atoms with Crippen LogP contribution in [0, 0.1) is 11.7 Å². The highest BCUT2D eigenvalue weighted by atomic mass is 19.1. The van der Waals surface area contributed by atoms with Gasteiger partial charge in [0, 0.05) is 32.2 Å². The minimum absolute atomic E-state index is 0.00650. The lowest BCUT2D eigenvalue weighted by molar-refractivity contribution is -0.139. The van der Waals surface area contributed by atoms with E-state index in [1.54, 1.807) is 17.0 Å². The summed E-state index contributed by atoms with van der Waals surface area (Å²) in [7, 11) is 1.49. The molecule has 30 heavy (non-hydrogen) atoms. The first-order valence-electron chi connectivity index (χ1n) is 10.4. The van der Waals surface area contributed by atoms with Gasteiger partial charge in [-0.1, -0.05) is 0 Å². The molecule has 164 valence electrons. The Kier molecular flexibility index (Phi) is 6.26. The van der Waals surface area contributed by atoms with E-state index in [4.69, 9.17) is 14.2 Å². The van der Waals surface area contributed by atoms with E-state index in [-0.39, 0.29) is 42.4 Å². The molecule has 3 amide bonds. The summed E-state index contributed by atoms with van der Waals surface area (Å²) in [6, 6.07) is 4.43. The molecule has 0 aliphatic carbocycles. The van der Waals surface area contributed by atoms with E-state index >= 15 is 0 Å². The topological polar surface area (TPSA) is 80.3 Å². The molecule has 1 aromatic carbocycles. The van der Waals surface area contributed by atoms with Gasteiger partial charge in [0.15, 0.2) is 11.6 Å². The molecule has 0 aromatic heterocycles. The number of fused-ring (bicyclic) bond motifs is 1. The van der Waals surface area contributed by atoms with Crippen LogP contribution in [-0.2, 0) is 9.53 Å². The maximum Gasteiger partial charge on any atom is 0.320 e. The fourth-order valence-corrected chi connectivity index (χ4v) is 4.30. The molecule has 1 N–H and O–H groups in total. The first kappa shape index (κ1) is 20.7. The molecular formula is C21H28FN3O5. The van der Waals surface area contributed by atoms with Crippen molar-refractivity contribution < 1.29 is 28.2 Å². The number of carbonyl (C=O) groups is 2. The molecule has 3 aliphatic heterocycles. The second-order valence-corrected chi connectivity index (χ2v) is 8.08. The van der Waals surface area contributed by atoms with Crippen LogP contribution in [0.4, 0.5) is 9.18 Å². The van der Waals surface area contributed by atoms with Crippen molar-refractivity contribution >= 4 is 11.9 Å². The van der Waals surface area contributed by atoms with Crippen molar-refractivity contribution in [2.45, 2.75) is 31.4 Å². The monoisotopic (exact) mass is 421 g/mol. The number of piperidine rings is 2. The Labute approximate surface area is 175 Å². The third kappa shape index (κ3) is 4.61. The molecule has 0 bridgehead atoms. The molecule has 9 heteroatoms. The van der Waals surface area contributed by atoms with Crippen LogP contribution < -0.4 is 14.8 Å². The molecule has 2 atom stereocenters. The predicted molar refractivity (Wildman–Crippen MR) is 106 cm³/mol. The normalized spacial score (nSPS) is 24.8. The van der Waals surface area contributed by atoms with Gasteiger partial charge in [-0.3, -0.25) is 4.79 Å². The lowest BCUT2D eigenvalue weighted by atomic mass is 9.97. The lowest BCUT2D eigenvalue weighted by Crippen LogP contribution is -2.62. The Bertz CT molecular complexity index is 784. The third-order valence-corrected chi connectivity index (χ3v) is 6.09. The largest absolute Gasteiger partial charge is 0.497 e. The van der Waals surface area contributed by atoms with Gasteiger partial charge in [-0.25, -0.2) is 9.18 Å². The molecule has 1 aromatic rings. The summed E-state index contributed by atoms with van der Waals surface area (Å²) in [5, 5.41) is 2.93. The van der Waals surface area contributed by atoms with Gasteiger partial charge in [0.1, 0.15) is 12.4 Å². The van der Waals surface area contributed by atoms with Crippen molar-refractivity contribution in [2.24, 2.45) is 5.92 Å². The minimum Gasteiger partial charge on any atom is -0.497 e. The number of urea groups is 1. The molecule has 0 radical (unpaired) electrons. The summed E-state index contributed by atoms with van der Waals surface area (Å²) in [4.78, 5) is 28.1. The van der Waals surface area contributed by atoms with Crippen molar-refractivity contribution in [1.82, 2.24) is 15.1 Å². The molecule has 3 aliphatic rings. The predicted octanol–water partition coefficient (Wildman–Crippen LogP) is 1.63. The second-order valence-electron chi connectivity index (χ2n) is 8.08. The summed E-state index contributed by atoms with van der Waals surface area (Å²) in [6.45, 7) is 2.93. The number of hydrogen-bond acceptors (Lipinski definition) is 5. The molecule has 4 rings (SSSR count). The number of likely N-dealkylation sites (tertiary alicyclic amines) is 2. The maximum absolute atomic E-state index is 14.0. The summed E-state index contributed by atoms with van der Waals surface area (Å²) in [6.07, 6.45) is 2.34. The molecule has 1 unspecified atom stereocenters. The van der Waals surface area contributed by atoms with Gasteiger partial charge in [0.2, 0.25) is 5.91 Å². The fraction of sp³-hybridized carbons (Fsp3) is 0.619. The lowest BCUT2D eigenvalue weighted by Gasteiger charge is -2.43. The number of methoxy groups -OCH3 is 1. The zero-order chi connectivity index (χ0) is 21.1. The van der Waals surface area contributed by atoms with Crippen molar-refractivity contribution in [2.75, 3.05) is 46.5 Å². The number of benzene rings is 1. The van der Waals surface area contributed by atoms with Crippen LogP contribution >= 0.6 is 0 Å². The highest BCUT2D eigenvalue weighted by molar-refractivity contribution is 5.79. The number of hydrogen-bond donors (Lipinski definition) is 1. The number of carbonyl (C=O) groups excluding carboxylic acids is 2. The summed E-state index contributed by atoms with van der Waals surface area (Å²) in [5.41, 5.74) is 0. The number of morpholine rings is 1. The van der Waals surface area contributed by atoms with E-state index in [1.807, 2.05) is 4.90 Å². The van der Waals surface area contributed by atoms with Gasteiger partial charge in [-0.15, -0.1) is 0 Å². The minimum atomic E-state index is -0.441. The molecular weight excluding hydrogens is 393 g/mol. The SMILES string of the molecule is COc1ccc(OCC2CCN(C(=O)N3CCC4OCC(=O)N[C@@H]4C3)CC2)c(F)c1. The highest BCUT2D eigenvalue weighted by Crippen LogP contribution is 2.26. The first-order valence-corrected chi connectivity index (χ1v) is 10.4. The van der Waals surface area contributed by atoms with Crippen LogP contribution in [0.15, 0.2) is 18.2 Å². The van der Waals surface area contributed by atoms with Gasteiger partial charge in [-0.05, 0) is 37.3 Å². The van der Waals surface area contributed by atoms with E-state index in [9.17, 15) is 14.0 Å². The Morgan fingerprint density at radius 2 is 2.00 bits per heavy atom. The van der Waals surface area contributed by atoms with E-state index in [1.165, 1.54) is 13.2 Å². The van der Waals surface area contributed by atoms with Gasteiger partial charge in [0.25, 0.3) is 0 Å². The molecule has 8 nitrogen and oxygen atoms in total. The molecule has 0 spiro atoms. The number of rotatable bonds is 4. The molecule has 3 heterocycles. The molecule has 3 fully saturated rings. The van der Waals surface area contributed by atoms with E-state index in [0.29, 0.717) is 38.5 Å². The van der Waals surface area contributed by atoms with Gasteiger partial charge < -0.3 is 29.3 Å². The number of ether oxygens (including phenoxy) is 3. The van der Waals surface area contributed by atoms with Crippen LogP contribution in [0.5, 0.6) is 11.5 Å². The standard InChI is InChI=1S/C21H28FN3O5/c1-28-15-2-3-18(16(22)10-15)29-12-14-4-7-24(8-5-14)21(27)25-9-6-19-17(11-25)23-20(26)13-30-19/h2-3,10,14,17,19H,4-9,11-13H2,1H3,(H,23,26)/t17-,19?/m1/s1. The van der Waals surface area contributed by atoms with E-state index in [2.05, 4.69) is 5.32 Å². The third-order valence-electron chi connectivity index (χ3n) is 6.09. The zero-order valence-electron chi connectivity index (χ0n) is 17.1. The highest BCUT2D eigenvalue weighted by Gasteiger charge is 2.38. The summed E-state index contributed by atoms with van der Waals surface area (Å²) >= 11 is 0. The van der Waals surface area contributed by atoms with Crippen molar-refractivity contribution in [3.63, 3.8) is 0 Å². The number of halogens is 1. The first-order chi connectivity index (χ1) is 14.5. The Hall–Kier alpha value is -2.55. The van der Waals surface area contributed by atoms with Gasteiger partial charge in [-0.2, -0.15) is 0 Å². The maximum atomic E-state index is 14.0. The summed E-state index contributed by atoms with van der Waals surface area (Å²) in [5.74, 6) is 0.375. The number of nitrogens with one attached hydrogen (secondary N) is 1. The zero-order valence-corrected chi connectivity index (χ0v) is 17.1. The quantitative estimate of drug-likeness (QED) is 0.800. The van der Waals surface area contributed by atoms with E-state index < -0.39 is 5.82 Å². The fourth-order valence-electron chi connectivity index (χ4n) is 4.30. The Morgan fingerprint density at radius 1 is 1.23 bits per heavy atom. The van der Waals surface area contributed by atoms with Gasteiger partial charge in [0.05, 0.1) is 25.9 Å². The van der Waals surface area contributed by atoms with Crippen LogP contribution in [0.3, 0.4) is 0 Å². The van der Waals surface area contributed by atoms with Crippen LogP contribution in [0.1, 0.15) is 19.3 Å². The molecule has 0 saturated carbocycles.